The minimum absolute atomic E-state index is 0.00307. The molecular weight excluding hydrogens is 323 g/mol. The molecule has 2 heterocycles. The van der Waals surface area contributed by atoms with Crippen LogP contribution in [0.2, 0.25) is 0 Å². The van der Waals surface area contributed by atoms with Gasteiger partial charge in [-0.05, 0) is 30.3 Å². The lowest BCUT2D eigenvalue weighted by Crippen LogP contribution is -2.48. The van der Waals surface area contributed by atoms with Gasteiger partial charge < -0.3 is 9.80 Å². The molecule has 0 unspecified atom stereocenters. The van der Waals surface area contributed by atoms with Crippen molar-refractivity contribution in [2.24, 2.45) is 0 Å². The Morgan fingerprint density at radius 3 is 2.42 bits per heavy atom. The number of rotatable bonds is 2. The summed E-state index contributed by atoms with van der Waals surface area (Å²) in [5, 5.41) is 0.536. The molecule has 4 rings (SSSR count). The van der Waals surface area contributed by atoms with Crippen molar-refractivity contribution < 1.29 is 9.18 Å². The van der Waals surface area contributed by atoms with E-state index in [1.165, 1.54) is 23.1 Å². The Kier molecular flexibility index (Phi) is 3.94. The highest BCUT2D eigenvalue weighted by Gasteiger charge is 2.24. The highest BCUT2D eigenvalue weighted by atomic mass is 32.1. The summed E-state index contributed by atoms with van der Waals surface area (Å²) in [7, 11) is 0. The Labute approximate surface area is 143 Å². The average molecular weight is 340 g/mol. The van der Waals surface area contributed by atoms with Gasteiger partial charge in [0.05, 0.1) is 4.88 Å². The van der Waals surface area contributed by atoms with Gasteiger partial charge in [-0.25, -0.2) is 4.39 Å². The molecule has 0 N–H and O–H groups in total. The summed E-state index contributed by atoms with van der Waals surface area (Å²) in [4.78, 5) is 17.5. The van der Waals surface area contributed by atoms with Gasteiger partial charge in [-0.1, -0.05) is 24.3 Å². The molecule has 122 valence electrons. The number of amides is 1. The first-order chi connectivity index (χ1) is 11.7. The van der Waals surface area contributed by atoms with Crippen LogP contribution in [0.5, 0.6) is 0 Å². The zero-order chi connectivity index (χ0) is 16.5. The quantitative estimate of drug-likeness (QED) is 0.704. The van der Waals surface area contributed by atoms with Crippen LogP contribution in [0, 0.1) is 5.82 Å². The SMILES string of the molecule is O=C(c1cc2c(F)cccc2s1)N1CCN(c2ccccc2)CC1. The number of carbonyl (C=O) groups excluding carboxylic acids is 1. The molecule has 5 heteroatoms. The maximum absolute atomic E-state index is 13.8. The third kappa shape index (κ3) is 2.76. The van der Waals surface area contributed by atoms with E-state index in [0.717, 1.165) is 17.8 Å². The summed E-state index contributed by atoms with van der Waals surface area (Å²) in [6, 6.07) is 16.9. The third-order valence-electron chi connectivity index (χ3n) is 4.41. The van der Waals surface area contributed by atoms with Crippen LogP contribution in [0.1, 0.15) is 9.67 Å². The van der Waals surface area contributed by atoms with Crippen molar-refractivity contribution in [3.8, 4) is 0 Å². The maximum Gasteiger partial charge on any atom is 0.264 e. The van der Waals surface area contributed by atoms with Gasteiger partial charge in [-0.15, -0.1) is 11.3 Å². The van der Waals surface area contributed by atoms with Gasteiger partial charge >= 0.3 is 0 Å². The van der Waals surface area contributed by atoms with Gasteiger partial charge in [0.2, 0.25) is 0 Å². The molecule has 3 nitrogen and oxygen atoms in total. The van der Waals surface area contributed by atoms with Gasteiger partial charge in [0.15, 0.2) is 0 Å². The number of carbonyl (C=O) groups is 1. The van der Waals surface area contributed by atoms with Crippen LogP contribution in [-0.2, 0) is 0 Å². The molecule has 0 bridgehead atoms. The Morgan fingerprint density at radius 2 is 1.71 bits per heavy atom. The summed E-state index contributed by atoms with van der Waals surface area (Å²) in [5.74, 6) is -0.264. The highest BCUT2D eigenvalue weighted by Crippen LogP contribution is 2.29. The van der Waals surface area contributed by atoms with E-state index in [4.69, 9.17) is 0 Å². The van der Waals surface area contributed by atoms with Crippen LogP contribution in [0.25, 0.3) is 10.1 Å². The summed E-state index contributed by atoms with van der Waals surface area (Å²) >= 11 is 1.37. The van der Waals surface area contributed by atoms with Crippen LogP contribution in [0.3, 0.4) is 0 Å². The number of nitrogens with zero attached hydrogens (tertiary/aromatic N) is 2. The first-order valence-corrected chi connectivity index (χ1v) is 8.81. The van der Waals surface area contributed by atoms with Crippen LogP contribution >= 0.6 is 11.3 Å². The van der Waals surface area contributed by atoms with Crippen molar-refractivity contribution in [1.82, 2.24) is 4.90 Å². The lowest BCUT2D eigenvalue weighted by molar-refractivity contribution is 0.0752. The summed E-state index contributed by atoms with van der Waals surface area (Å²) in [6.07, 6.45) is 0. The molecule has 2 aromatic carbocycles. The second kappa shape index (κ2) is 6.24. The van der Waals surface area contributed by atoms with Crippen molar-refractivity contribution >= 4 is 33.0 Å². The van der Waals surface area contributed by atoms with E-state index < -0.39 is 0 Å². The number of anilines is 1. The molecule has 24 heavy (non-hydrogen) atoms. The molecular formula is C19H17FN2OS. The number of benzene rings is 2. The Hall–Kier alpha value is -2.40. The lowest BCUT2D eigenvalue weighted by Gasteiger charge is -2.35. The Morgan fingerprint density at radius 1 is 0.958 bits per heavy atom. The molecule has 0 spiro atoms. The average Bonchev–Trinajstić information content (AvgIpc) is 3.08. The number of halogens is 1. The Balaban J connectivity index is 1.48. The molecule has 1 amide bonds. The monoisotopic (exact) mass is 340 g/mol. The fourth-order valence-corrected chi connectivity index (χ4v) is 4.14. The van der Waals surface area contributed by atoms with E-state index in [0.29, 0.717) is 23.4 Å². The highest BCUT2D eigenvalue weighted by molar-refractivity contribution is 7.20. The molecule has 1 aliphatic heterocycles. The van der Waals surface area contributed by atoms with E-state index in [1.807, 2.05) is 29.2 Å². The number of para-hydroxylation sites is 1. The normalized spacial score (nSPS) is 15.0. The first kappa shape index (κ1) is 15.1. The van der Waals surface area contributed by atoms with Crippen molar-refractivity contribution in [2.45, 2.75) is 0 Å². The molecule has 0 atom stereocenters. The van der Waals surface area contributed by atoms with Gasteiger partial charge in [0.1, 0.15) is 5.82 Å². The number of hydrogen-bond acceptors (Lipinski definition) is 3. The number of fused-ring (bicyclic) bond motifs is 1. The number of piperazine rings is 1. The van der Waals surface area contributed by atoms with E-state index in [1.54, 1.807) is 12.1 Å². The fraction of sp³-hybridized carbons (Fsp3) is 0.211. The molecule has 1 aromatic heterocycles. The second-order valence-electron chi connectivity index (χ2n) is 5.88. The number of thiophene rings is 1. The summed E-state index contributed by atoms with van der Waals surface area (Å²) < 4.78 is 14.6. The minimum Gasteiger partial charge on any atom is -0.368 e. The van der Waals surface area contributed by atoms with E-state index in [9.17, 15) is 9.18 Å². The first-order valence-electron chi connectivity index (χ1n) is 8.00. The van der Waals surface area contributed by atoms with Crippen LogP contribution < -0.4 is 4.90 Å². The molecule has 3 aromatic rings. The Bertz CT molecular complexity index is 869. The molecule has 0 radical (unpaired) electrons. The fourth-order valence-electron chi connectivity index (χ4n) is 3.09. The lowest BCUT2D eigenvalue weighted by atomic mass is 10.2. The molecule has 0 aliphatic carbocycles. The van der Waals surface area contributed by atoms with E-state index in [-0.39, 0.29) is 11.7 Å². The molecule has 1 saturated heterocycles. The van der Waals surface area contributed by atoms with Gasteiger partial charge in [0.25, 0.3) is 5.91 Å². The number of hydrogen-bond donors (Lipinski definition) is 0. The van der Waals surface area contributed by atoms with Crippen LogP contribution in [0.4, 0.5) is 10.1 Å². The zero-order valence-electron chi connectivity index (χ0n) is 13.1. The van der Waals surface area contributed by atoms with Gasteiger partial charge in [-0.3, -0.25) is 4.79 Å². The second-order valence-corrected chi connectivity index (χ2v) is 6.96. The smallest absolute Gasteiger partial charge is 0.264 e. The standard InChI is InChI=1S/C19H17FN2OS/c20-16-7-4-8-17-15(16)13-18(24-17)19(23)22-11-9-21(10-12-22)14-5-2-1-3-6-14/h1-8,13H,9-12H2. The maximum atomic E-state index is 13.8. The minimum atomic E-state index is -0.267. The summed E-state index contributed by atoms with van der Waals surface area (Å²) in [5.41, 5.74) is 1.19. The predicted molar refractivity (Wildman–Crippen MR) is 96.3 cm³/mol. The zero-order valence-corrected chi connectivity index (χ0v) is 13.9. The topological polar surface area (TPSA) is 23.6 Å². The molecule has 0 saturated carbocycles. The van der Waals surface area contributed by atoms with Crippen LogP contribution in [0.15, 0.2) is 54.6 Å². The van der Waals surface area contributed by atoms with E-state index in [2.05, 4.69) is 17.0 Å². The van der Waals surface area contributed by atoms with Crippen molar-refractivity contribution in [3.63, 3.8) is 0 Å². The van der Waals surface area contributed by atoms with Gasteiger partial charge in [-0.2, -0.15) is 0 Å². The summed E-state index contributed by atoms with van der Waals surface area (Å²) in [6.45, 7) is 3.00. The predicted octanol–water partition coefficient (Wildman–Crippen LogP) is 4.00. The van der Waals surface area contributed by atoms with E-state index >= 15 is 0 Å². The van der Waals surface area contributed by atoms with Crippen molar-refractivity contribution in [2.75, 3.05) is 31.1 Å². The van der Waals surface area contributed by atoms with Crippen LogP contribution in [-0.4, -0.2) is 37.0 Å². The third-order valence-corrected chi connectivity index (χ3v) is 5.50. The molecule has 1 fully saturated rings. The largest absolute Gasteiger partial charge is 0.368 e. The van der Waals surface area contributed by atoms with Crippen molar-refractivity contribution in [3.05, 3.63) is 65.3 Å². The van der Waals surface area contributed by atoms with Crippen molar-refractivity contribution in [1.29, 1.82) is 0 Å². The van der Waals surface area contributed by atoms with Gasteiger partial charge in [0, 0.05) is 42.0 Å². The molecule has 1 aliphatic rings.